The number of nitrogens with zero attached hydrogens (tertiary/aromatic N) is 1. The minimum atomic E-state index is -3.50. The molecule has 0 radical (unpaired) electrons. The van der Waals surface area contributed by atoms with Crippen LogP contribution in [0, 0.1) is 5.92 Å². The molecule has 116 valence electrons. The quantitative estimate of drug-likeness (QED) is 0.603. The summed E-state index contributed by atoms with van der Waals surface area (Å²) in [7, 11) is -0.620. The summed E-state index contributed by atoms with van der Waals surface area (Å²) in [4.78, 5) is 11.9. The van der Waals surface area contributed by atoms with Crippen LogP contribution in [0.1, 0.15) is 16.8 Å². The SMILES string of the molecule is CN(C)S(=O)(=O)c1ccc(C(=O)OC[C@H]2CC2(Cl)Cl)cc1. The Labute approximate surface area is 133 Å². The molecule has 0 saturated heterocycles. The predicted molar refractivity (Wildman–Crippen MR) is 80.1 cm³/mol. The topological polar surface area (TPSA) is 63.7 Å². The zero-order valence-electron chi connectivity index (χ0n) is 11.5. The number of carbonyl (C=O) groups is 1. The third-order valence-electron chi connectivity index (χ3n) is 3.24. The molecule has 0 heterocycles. The second-order valence-corrected chi connectivity index (χ2v) is 8.77. The highest BCUT2D eigenvalue weighted by molar-refractivity contribution is 7.89. The Morgan fingerprint density at radius 1 is 1.33 bits per heavy atom. The predicted octanol–water partition coefficient (Wildman–Crippen LogP) is 2.29. The van der Waals surface area contributed by atoms with Gasteiger partial charge in [0.15, 0.2) is 0 Å². The van der Waals surface area contributed by atoms with Crippen molar-refractivity contribution in [2.75, 3.05) is 20.7 Å². The summed E-state index contributed by atoms with van der Waals surface area (Å²) in [6.45, 7) is 0.156. The van der Waals surface area contributed by atoms with E-state index in [0.29, 0.717) is 6.42 Å². The first-order chi connectivity index (χ1) is 9.64. The van der Waals surface area contributed by atoms with Crippen LogP contribution in [-0.2, 0) is 14.8 Å². The van der Waals surface area contributed by atoms with Gasteiger partial charge in [-0.3, -0.25) is 0 Å². The molecule has 0 aliphatic heterocycles. The molecule has 1 saturated carbocycles. The van der Waals surface area contributed by atoms with Crippen LogP contribution in [0.4, 0.5) is 0 Å². The lowest BCUT2D eigenvalue weighted by molar-refractivity contribution is 0.0485. The molecular formula is C13H15Cl2NO4S. The molecule has 21 heavy (non-hydrogen) atoms. The van der Waals surface area contributed by atoms with E-state index in [1.54, 1.807) is 0 Å². The van der Waals surface area contributed by atoms with Gasteiger partial charge in [0.2, 0.25) is 10.0 Å². The number of sulfonamides is 1. The van der Waals surface area contributed by atoms with Gasteiger partial charge in [0.1, 0.15) is 4.33 Å². The average molecular weight is 352 g/mol. The molecule has 1 atom stereocenters. The highest BCUT2D eigenvalue weighted by atomic mass is 35.5. The van der Waals surface area contributed by atoms with Crippen LogP contribution < -0.4 is 0 Å². The van der Waals surface area contributed by atoms with Crippen LogP contribution in [0.2, 0.25) is 0 Å². The number of hydrogen-bond acceptors (Lipinski definition) is 4. The van der Waals surface area contributed by atoms with Gasteiger partial charge in [-0.2, -0.15) is 0 Å². The number of carbonyl (C=O) groups excluding carboxylic acids is 1. The van der Waals surface area contributed by atoms with Gasteiger partial charge in [-0.1, -0.05) is 0 Å². The van der Waals surface area contributed by atoms with Crippen LogP contribution in [0.5, 0.6) is 0 Å². The molecule has 0 spiro atoms. The molecule has 1 aliphatic rings. The third-order valence-corrected chi connectivity index (χ3v) is 6.00. The zero-order chi connectivity index (χ0) is 15.8. The molecule has 1 aromatic rings. The Hall–Kier alpha value is -0.820. The molecule has 2 rings (SSSR count). The number of halogens is 2. The van der Waals surface area contributed by atoms with Crippen LogP contribution in [-0.4, -0.2) is 43.7 Å². The Morgan fingerprint density at radius 3 is 2.29 bits per heavy atom. The van der Waals surface area contributed by atoms with Crippen molar-refractivity contribution in [3.05, 3.63) is 29.8 Å². The van der Waals surface area contributed by atoms with Gasteiger partial charge < -0.3 is 4.74 Å². The van der Waals surface area contributed by atoms with Gasteiger partial charge in [-0.15, -0.1) is 23.2 Å². The van der Waals surface area contributed by atoms with Gasteiger partial charge in [0, 0.05) is 20.0 Å². The number of ether oxygens (including phenoxy) is 1. The maximum atomic E-state index is 11.9. The molecule has 5 nitrogen and oxygen atoms in total. The monoisotopic (exact) mass is 351 g/mol. The molecule has 1 fully saturated rings. The largest absolute Gasteiger partial charge is 0.462 e. The minimum absolute atomic E-state index is 0.0434. The summed E-state index contributed by atoms with van der Waals surface area (Å²) in [6.07, 6.45) is 0.601. The number of alkyl halides is 2. The standard InChI is InChI=1S/C13H15Cl2NO4S/c1-16(2)21(18,19)11-5-3-9(4-6-11)12(17)20-8-10-7-13(10,14)15/h3-6,10H,7-8H2,1-2H3/t10-/m1/s1. The zero-order valence-corrected chi connectivity index (χ0v) is 13.9. The Kier molecular flexibility index (Phi) is 4.54. The van der Waals surface area contributed by atoms with E-state index >= 15 is 0 Å². The first-order valence-electron chi connectivity index (χ1n) is 6.22. The summed E-state index contributed by atoms with van der Waals surface area (Å²) >= 11 is 11.7. The van der Waals surface area contributed by atoms with Crippen LogP contribution in [0.3, 0.4) is 0 Å². The van der Waals surface area contributed by atoms with Crippen molar-refractivity contribution < 1.29 is 17.9 Å². The molecule has 0 bridgehead atoms. The number of benzene rings is 1. The van der Waals surface area contributed by atoms with Crippen LogP contribution in [0.25, 0.3) is 0 Å². The molecule has 8 heteroatoms. The van der Waals surface area contributed by atoms with Crippen molar-refractivity contribution in [2.45, 2.75) is 15.6 Å². The fraction of sp³-hybridized carbons (Fsp3) is 0.462. The summed E-state index contributed by atoms with van der Waals surface area (Å²) in [5, 5.41) is 0. The maximum absolute atomic E-state index is 11.9. The lowest BCUT2D eigenvalue weighted by atomic mass is 10.2. The van der Waals surface area contributed by atoms with E-state index in [4.69, 9.17) is 27.9 Å². The summed E-state index contributed by atoms with van der Waals surface area (Å²) in [5.74, 6) is -0.571. The maximum Gasteiger partial charge on any atom is 0.338 e. The average Bonchev–Trinajstić information content (AvgIpc) is 3.03. The van der Waals surface area contributed by atoms with Crippen molar-refractivity contribution >= 4 is 39.2 Å². The minimum Gasteiger partial charge on any atom is -0.462 e. The Balaban J connectivity index is 2.00. The van der Waals surface area contributed by atoms with Crippen LogP contribution >= 0.6 is 23.2 Å². The van der Waals surface area contributed by atoms with Gasteiger partial charge in [-0.05, 0) is 30.7 Å². The van der Waals surface area contributed by atoms with Crippen molar-refractivity contribution in [1.29, 1.82) is 0 Å². The number of esters is 1. The van der Waals surface area contributed by atoms with E-state index in [1.165, 1.54) is 38.4 Å². The van der Waals surface area contributed by atoms with E-state index in [9.17, 15) is 13.2 Å². The normalized spacial score (nSPS) is 20.3. The van der Waals surface area contributed by atoms with Crippen molar-refractivity contribution in [1.82, 2.24) is 4.31 Å². The second-order valence-electron chi connectivity index (χ2n) is 5.07. The summed E-state index contributed by atoms with van der Waals surface area (Å²) in [6, 6.07) is 5.58. The van der Waals surface area contributed by atoms with Gasteiger partial charge in [0.05, 0.1) is 17.1 Å². The first kappa shape index (κ1) is 16.5. The van der Waals surface area contributed by atoms with E-state index < -0.39 is 20.3 Å². The number of hydrogen-bond donors (Lipinski definition) is 0. The van der Waals surface area contributed by atoms with Crippen molar-refractivity contribution in [3.8, 4) is 0 Å². The van der Waals surface area contributed by atoms with Gasteiger partial charge in [-0.25, -0.2) is 17.5 Å². The smallest absolute Gasteiger partial charge is 0.338 e. The molecule has 0 aromatic heterocycles. The molecule has 0 unspecified atom stereocenters. The highest BCUT2D eigenvalue weighted by Gasteiger charge is 2.52. The Morgan fingerprint density at radius 2 is 1.86 bits per heavy atom. The van der Waals surface area contributed by atoms with E-state index in [-0.39, 0.29) is 23.0 Å². The molecule has 0 N–H and O–H groups in total. The summed E-state index contributed by atoms with van der Waals surface area (Å²) in [5.41, 5.74) is 0.281. The van der Waals surface area contributed by atoms with Crippen molar-refractivity contribution in [3.63, 3.8) is 0 Å². The number of rotatable bonds is 5. The lowest BCUT2D eigenvalue weighted by Gasteiger charge is -2.11. The second kappa shape index (κ2) is 5.76. The van der Waals surface area contributed by atoms with Crippen LogP contribution in [0.15, 0.2) is 29.2 Å². The van der Waals surface area contributed by atoms with E-state index in [1.807, 2.05) is 0 Å². The highest BCUT2D eigenvalue weighted by Crippen LogP contribution is 2.53. The molecule has 1 aromatic carbocycles. The molecular weight excluding hydrogens is 337 g/mol. The lowest BCUT2D eigenvalue weighted by Crippen LogP contribution is -2.22. The summed E-state index contributed by atoms with van der Waals surface area (Å²) < 4.78 is 29.2. The van der Waals surface area contributed by atoms with Gasteiger partial charge >= 0.3 is 5.97 Å². The molecule has 1 aliphatic carbocycles. The van der Waals surface area contributed by atoms with E-state index in [2.05, 4.69) is 0 Å². The van der Waals surface area contributed by atoms with Crippen molar-refractivity contribution in [2.24, 2.45) is 5.92 Å². The van der Waals surface area contributed by atoms with E-state index in [0.717, 1.165) is 4.31 Å². The van der Waals surface area contributed by atoms with Gasteiger partial charge in [0.25, 0.3) is 0 Å². The first-order valence-corrected chi connectivity index (χ1v) is 8.42. The fourth-order valence-corrected chi connectivity index (χ4v) is 3.08. The fourth-order valence-electron chi connectivity index (χ4n) is 1.68. The Bertz CT molecular complexity index is 641. The third kappa shape index (κ3) is 3.69. The molecule has 0 amide bonds.